The molecule has 2 nitrogen and oxygen atoms in total. The fourth-order valence-electron chi connectivity index (χ4n) is 3.62. The van der Waals surface area contributed by atoms with Crippen LogP contribution >= 0.6 is 32.2 Å². The Kier molecular flexibility index (Phi) is 7.91. The molecule has 35 heavy (non-hydrogen) atoms. The van der Waals surface area contributed by atoms with Crippen LogP contribution in [0.4, 0.5) is 0 Å². The van der Waals surface area contributed by atoms with Gasteiger partial charge in [0, 0.05) is 31.8 Å². The first-order valence-corrected chi connectivity index (χ1v) is 14.5. The van der Waals surface area contributed by atoms with Crippen molar-refractivity contribution in [3.63, 3.8) is 0 Å². The summed E-state index contributed by atoms with van der Waals surface area (Å²) in [6.45, 7) is 0. The third kappa shape index (κ3) is 6.19. The summed E-state index contributed by atoms with van der Waals surface area (Å²) in [6.07, 6.45) is 0. The molecule has 0 aliphatic heterocycles. The molecule has 5 rings (SSSR count). The first kappa shape index (κ1) is 23.8. The van der Waals surface area contributed by atoms with Crippen molar-refractivity contribution < 1.29 is 9.05 Å². The first-order valence-electron chi connectivity index (χ1n) is 11.2. The van der Waals surface area contributed by atoms with Gasteiger partial charge in [-0.2, -0.15) is 0 Å². The van der Waals surface area contributed by atoms with Crippen molar-refractivity contribution in [1.82, 2.24) is 0 Å². The van der Waals surface area contributed by atoms with Crippen LogP contribution in [0.3, 0.4) is 0 Å². The average molecular weight is 557 g/mol. The highest BCUT2D eigenvalue weighted by Crippen LogP contribution is 2.42. The van der Waals surface area contributed by atoms with E-state index in [0.717, 1.165) is 37.2 Å². The molecule has 0 fully saturated rings. The zero-order valence-electron chi connectivity index (χ0n) is 18.9. The van der Waals surface area contributed by atoms with E-state index < -0.39 is 16.3 Å². The molecule has 0 bridgehead atoms. The molecule has 172 valence electrons. The van der Waals surface area contributed by atoms with Gasteiger partial charge in [-0.1, -0.05) is 137 Å². The Hall–Kier alpha value is -2.96. The van der Waals surface area contributed by atoms with Crippen LogP contribution in [-0.4, -0.2) is 0 Å². The maximum Gasteiger partial charge on any atom is 0.150 e. The Morgan fingerprint density at radius 1 is 0.400 bits per heavy atom. The van der Waals surface area contributed by atoms with Gasteiger partial charge in [0.2, 0.25) is 0 Å². The molecule has 0 aliphatic carbocycles. The molecule has 0 heterocycles. The summed E-state index contributed by atoms with van der Waals surface area (Å²) in [6, 6.07) is 47.5. The standard InChI is InChI=1S/C30H23BrO2P2/c31-24-21-25(32-34(27-13-5-1-6-14-27)28-15-7-2-8-16-28)23-26(22-24)33-35(29-17-9-3-10-18-29)30-19-11-4-12-20-30/h1-23H. The van der Waals surface area contributed by atoms with E-state index >= 15 is 0 Å². The van der Waals surface area contributed by atoms with Crippen LogP contribution in [0.2, 0.25) is 0 Å². The van der Waals surface area contributed by atoms with Gasteiger partial charge in [-0.25, -0.2) is 0 Å². The fraction of sp³-hybridized carbons (Fsp3) is 0. The van der Waals surface area contributed by atoms with Gasteiger partial charge in [-0.15, -0.1) is 0 Å². The smallest absolute Gasteiger partial charge is 0.150 e. The maximum atomic E-state index is 6.66. The predicted octanol–water partition coefficient (Wildman–Crippen LogP) is 7.30. The van der Waals surface area contributed by atoms with Crippen molar-refractivity contribution in [3.8, 4) is 11.5 Å². The molecule has 0 unspecified atom stereocenters. The van der Waals surface area contributed by atoms with Crippen molar-refractivity contribution in [1.29, 1.82) is 0 Å². The van der Waals surface area contributed by atoms with Crippen LogP contribution in [0, 0.1) is 0 Å². The molecule has 0 amide bonds. The quantitative estimate of drug-likeness (QED) is 0.187. The second-order valence-electron chi connectivity index (χ2n) is 7.74. The maximum absolute atomic E-state index is 6.66. The number of rotatable bonds is 8. The molecule has 5 aromatic carbocycles. The van der Waals surface area contributed by atoms with Gasteiger partial charge in [0.1, 0.15) is 11.5 Å². The summed E-state index contributed by atoms with van der Waals surface area (Å²) in [4.78, 5) is 0. The van der Waals surface area contributed by atoms with E-state index in [1.165, 1.54) is 0 Å². The van der Waals surface area contributed by atoms with Crippen LogP contribution in [0.15, 0.2) is 144 Å². The number of halogens is 1. The van der Waals surface area contributed by atoms with E-state index in [4.69, 9.17) is 9.05 Å². The molecule has 0 atom stereocenters. The molecular weight excluding hydrogens is 534 g/mol. The van der Waals surface area contributed by atoms with Crippen molar-refractivity contribution in [2.75, 3.05) is 0 Å². The molecule has 0 aliphatic rings. The summed E-state index contributed by atoms with van der Waals surface area (Å²) in [5, 5.41) is 4.64. The largest absolute Gasteiger partial charge is 0.464 e. The summed E-state index contributed by atoms with van der Waals surface area (Å²) >= 11 is 3.67. The normalized spacial score (nSPS) is 10.9. The summed E-state index contributed by atoms with van der Waals surface area (Å²) in [7, 11) is -2.06. The second-order valence-corrected chi connectivity index (χ2v) is 12.3. The number of hydrogen-bond acceptors (Lipinski definition) is 2. The minimum atomic E-state index is -1.03. The van der Waals surface area contributed by atoms with E-state index in [0.29, 0.717) is 0 Å². The zero-order chi connectivity index (χ0) is 23.9. The van der Waals surface area contributed by atoms with Crippen molar-refractivity contribution in [2.24, 2.45) is 0 Å². The van der Waals surface area contributed by atoms with Gasteiger partial charge in [-0.05, 0) is 12.1 Å². The molecular formula is C30H23BrO2P2. The minimum Gasteiger partial charge on any atom is -0.464 e. The predicted molar refractivity (Wildman–Crippen MR) is 154 cm³/mol. The van der Waals surface area contributed by atoms with E-state index in [1.807, 2.05) is 42.5 Å². The van der Waals surface area contributed by atoms with Crippen molar-refractivity contribution in [3.05, 3.63) is 144 Å². The zero-order valence-corrected chi connectivity index (χ0v) is 22.2. The van der Waals surface area contributed by atoms with Crippen LogP contribution < -0.4 is 30.3 Å². The molecule has 0 N–H and O–H groups in total. The van der Waals surface area contributed by atoms with E-state index in [1.54, 1.807) is 0 Å². The highest BCUT2D eigenvalue weighted by Gasteiger charge is 2.20. The molecule has 0 saturated heterocycles. The van der Waals surface area contributed by atoms with E-state index in [-0.39, 0.29) is 0 Å². The van der Waals surface area contributed by atoms with Crippen LogP contribution in [-0.2, 0) is 0 Å². The molecule has 0 spiro atoms. The number of benzene rings is 5. The Bertz CT molecular complexity index is 1170. The SMILES string of the molecule is Brc1cc(OP(c2ccccc2)c2ccccc2)cc(OP(c2ccccc2)c2ccccc2)c1. The summed E-state index contributed by atoms with van der Waals surface area (Å²) in [5.74, 6) is 1.54. The fourth-order valence-corrected chi connectivity index (χ4v) is 7.49. The van der Waals surface area contributed by atoms with Crippen LogP contribution in [0.25, 0.3) is 0 Å². The Labute approximate surface area is 217 Å². The van der Waals surface area contributed by atoms with Crippen molar-refractivity contribution >= 4 is 53.4 Å². The van der Waals surface area contributed by atoms with E-state index in [2.05, 4.69) is 113 Å². The summed E-state index contributed by atoms with van der Waals surface area (Å²) in [5.41, 5.74) is 0. The van der Waals surface area contributed by atoms with Crippen LogP contribution in [0.1, 0.15) is 0 Å². The first-order chi connectivity index (χ1) is 17.3. The Morgan fingerprint density at radius 2 is 0.686 bits per heavy atom. The third-order valence-electron chi connectivity index (χ3n) is 5.20. The van der Waals surface area contributed by atoms with E-state index in [9.17, 15) is 0 Å². The van der Waals surface area contributed by atoms with Gasteiger partial charge in [0.15, 0.2) is 16.3 Å². The molecule has 5 aromatic rings. The van der Waals surface area contributed by atoms with Gasteiger partial charge in [-0.3, -0.25) is 0 Å². The molecule has 0 saturated carbocycles. The van der Waals surface area contributed by atoms with Gasteiger partial charge in [0.05, 0.1) is 0 Å². The molecule has 0 radical (unpaired) electrons. The van der Waals surface area contributed by atoms with Gasteiger partial charge >= 0.3 is 0 Å². The monoisotopic (exact) mass is 556 g/mol. The lowest BCUT2D eigenvalue weighted by Crippen LogP contribution is -2.16. The van der Waals surface area contributed by atoms with Gasteiger partial charge in [0.25, 0.3) is 0 Å². The second kappa shape index (κ2) is 11.6. The van der Waals surface area contributed by atoms with Crippen LogP contribution in [0.5, 0.6) is 11.5 Å². The highest BCUT2D eigenvalue weighted by molar-refractivity contribution is 9.10. The lowest BCUT2D eigenvalue weighted by Gasteiger charge is -2.22. The lowest BCUT2D eigenvalue weighted by atomic mass is 10.3. The Morgan fingerprint density at radius 3 is 0.971 bits per heavy atom. The lowest BCUT2D eigenvalue weighted by molar-refractivity contribution is 0.600. The average Bonchev–Trinajstić information content (AvgIpc) is 2.92. The summed E-state index contributed by atoms with van der Waals surface area (Å²) < 4.78 is 14.2. The van der Waals surface area contributed by atoms with Gasteiger partial charge < -0.3 is 9.05 Å². The number of hydrogen-bond donors (Lipinski definition) is 0. The topological polar surface area (TPSA) is 18.5 Å². The Balaban J connectivity index is 1.48. The highest BCUT2D eigenvalue weighted by atomic mass is 79.9. The third-order valence-corrected chi connectivity index (χ3v) is 9.51. The molecule has 5 heteroatoms. The van der Waals surface area contributed by atoms with Crippen molar-refractivity contribution in [2.45, 2.75) is 0 Å². The minimum absolute atomic E-state index is 0.768. The molecule has 0 aromatic heterocycles.